The van der Waals surface area contributed by atoms with E-state index < -0.39 is 5.82 Å². The smallest absolute Gasteiger partial charge is 0.253 e. The van der Waals surface area contributed by atoms with Crippen molar-refractivity contribution in [2.75, 3.05) is 13.1 Å². The molecular weight excluding hydrogens is 267 g/mol. The summed E-state index contributed by atoms with van der Waals surface area (Å²) in [5.41, 5.74) is 0.0315. The molecule has 100 valence electrons. The Hall–Kier alpha value is -1.60. The van der Waals surface area contributed by atoms with Crippen LogP contribution in [0.2, 0.25) is 5.02 Å². The van der Waals surface area contributed by atoms with Gasteiger partial charge in [-0.25, -0.2) is 4.39 Å². The molecule has 0 bridgehead atoms. The number of nitriles is 1. The Kier molecular flexibility index (Phi) is 3.77. The second-order valence-corrected chi connectivity index (χ2v) is 5.50. The maximum atomic E-state index is 13.1. The van der Waals surface area contributed by atoms with E-state index in [-0.39, 0.29) is 16.3 Å². The lowest BCUT2D eigenvalue weighted by molar-refractivity contribution is 0.0661. The van der Waals surface area contributed by atoms with Crippen LogP contribution < -0.4 is 0 Å². The number of carbonyl (C=O) groups is 1. The fraction of sp³-hybridized carbons (Fsp3) is 0.429. The second kappa shape index (κ2) is 5.18. The SMILES string of the molecule is CC1(C#N)CCN(C(=O)c2ccc(F)c(Cl)c2)CC1. The molecule has 1 amide bonds. The molecule has 0 saturated carbocycles. The highest BCUT2D eigenvalue weighted by Crippen LogP contribution is 2.30. The fourth-order valence-electron chi connectivity index (χ4n) is 2.13. The van der Waals surface area contributed by atoms with Gasteiger partial charge in [0, 0.05) is 18.7 Å². The molecule has 0 aliphatic carbocycles. The van der Waals surface area contributed by atoms with Crippen LogP contribution in [0, 0.1) is 22.6 Å². The van der Waals surface area contributed by atoms with Gasteiger partial charge in [0.15, 0.2) is 0 Å². The second-order valence-electron chi connectivity index (χ2n) is 5.09. The monoisotopic (exact) mass is 280 g/mol. The molecule has 1 saturated heterocycles. The van der Waals surface area contributed by atoms with Crippen molar-refractivity contribution >= 4 is 17.5 Å². The minimum absolute atomic E-state index is 0.0512. The molecule has 0 N–H and O–H groups in total. The van der Waals surface area contributed by atoms with Crippen molar-refractivity contribution in [3.63, 3.8) is 0 Å². The first kappa shape index (κ1) is 13.8. The largest absolute Gasteiger partial charge is 0.339 e. The minimum atomic E-state index is -0.533. The summed E-state index contributed by atoms with van der Waals surface area (Å²) < 4.78 is 13.1. The molecule has 0 aromatic heterocycles. The molecule has 1 fully saturated rings. The van der Waals surface area contributed by atoms with Crippen LogP contribution in [0.3, 0.4) is 0 Å². The van der Waals surface area contributed by atoms with Gasteiger partial charge in [-0.2, -0.15) is 5.26 Å². The van der Waals surface area contributed by atoms with Gasteiger partial charge in [-0.1, -0.05) is 11.6 Å². The summed E-state index contributed by atoms with van der Waals surface area (Å²) in [5.74, 6) is -0.698. The standard InChI is InChI=1S/C14H14ClFN2O/c1-14(9-17)4-6-18(7-5-14)13(19)10-2-3-12(16)11(15)8-10/h2-3,8H,4-7H2,1H3. The molecule has 19 heavy (non-hydrogen) atoms. The number of rotatable bonds is 1. The van der Waals surface area contributed by atoms with Crippen LogP contribution in [0.1, 0.15) is 30.1 Å². The lowest BCUT2D eigenvalue weighted by Crippen LogP contribution is -2.41. The number of carbonyl (C=O) groups excluding carboxylic acids is 1. The van der Waals surface area contributed by atoms with Crippen LogP contribution in [-0.4, -0.2) is 23.9 Å². The maximum absolute atomic E-state index is 13.1. The number of amides is 1. The van der Waals surface area contributed by atoms with Gasteiger partial charge in [-0.3, -0.25) is 4.79 Å². The van der Waals surface area contributed by atoms with E-state index in [0.29, 0.717) is 31.5 Å². The summed E-state index contributed by atoms with van der Waals surface area (Å²) in [6, 6.07) is 6.26. The molecule has 5 heteroatoms. The van der Waals surface area contributed by atoms with Crippen LogP contribution in [0.15, 0.2) is 18.2 Å². The summed E-state index contributed by atoms with van der Waals surface area (Å²) in [7, 11) is 0. The molecule has 3 nitrogen and oxygen atoms in total. The van der Waals surface area contributed by atoms with Gasteiger partial charge in [0.05, 0.1) is 16.5 Å². The van der Waals surface area contributed by atoms with Gasteiger partial charge in [-0.05, 0) is 38.0 Å². The topological polar surface area (TPSA) is 44.1 Å². The van der Waals surface area contributed by atoms with Crippen LogP contribution >= 0.6 is 11.6 Å². The van der Waals surface area contributed by atoms with Gasteiger partial charge in [0.25, 0.3) is 5.91 Å². The first-order valence-corrected chi connectivity index (χ1v) is 6.48. The van der Waals surface area contributed by atoms with Crippen molar-refractivity contribution in [3.8, 4) is 6.07 Å². The molecule has 1 aromatic carbocycles. The average molecular weight is 281 g/mol. The van der Waals surface area contributed by atoms with Crippen molar-refractivity contribution in [2.24, 2.45) is 5.41 Å². The van der Waals surface area contributed by atoms with Gasteiger partial charge in [0.2, 0.25) is 0 Å². The molecule has 0 unspecified atom stereocenters. The summed E-state index contributed by atoms with van der Waals surface area (Å²) >= 11 is 5.68. The van der Waals surface area contributed by atoms with E-state index in [2.05, 4.69) is 6.07 Å². The Bertz CT molecular complexity index is 545. The molecular formula is C14H14ClFN2O. The zero-order chi connectivity index (χ0) is 14.0. The van der Waals surface area contributed by atoms with Crippen molar-refractivity contribution in [1.29, 1.82) is 5.26 Å². The fourth-order valence-corrected chi connectivity index (χ4v) is 2.31. The van der Waals surface area contributed by atoms with E-state index in [9.17, 15) is 9.18 Å². The molecule has 0 spiro atoms. The third kappa shape index (κ3) is 2.87. The normalized spacial score (nSPS) is 17.9. The van der Waals surface area contributed by atoms with Gasteiger partial charge in [-0.15, -0.1) is 0 Å². The quantitative estimate of drug-likeness (QED) is 0.793. The van der Waals surface area contributed by atoms with Crippen molar-refractivity contribution in [3.05, 3.63) is 34.6 Å². The van der Waals surface area contributed by atoms with Crippen LogP contribution in [-0.2, 0) is 0 Å². The van der Waals surface area contributed by atoms with E-state index in [0.717, 1.165) is 0 Å². The first-order chi connectivity index (χ1) is 8.95. The average Bonchev–Trinajstić information content (AvgIpc) is 2.42. The summed E-state index contributed by atoms with van der Waals surface area (Å²) in [5, 5.41) is 9.00. The van der Waals surface area contributed by atoms with Gasteiger partial charge in [0.1, 0.15) is 5.82 Å². The number of hydrogen-bond donors (Lipinski definition) is 0. The van der Waals surface area contributed by atoms with E-state index >= 15 is 0 Å². The van der Waals surface area contributed by atoms with E-state index in [1.807, 2.05) is 6.92 Å². The summed E-state index contributed by atoms with van der Waals surface area (Å²) in [6.07, 6.45) is 1.31. The van der Waals surface area contributed by atoms with Crippen molar-refractivity contribution in [1.82, 2.24) is 4.90 Å². The van der Waals surface area contributed by atoms with Crippen LogP contribution in [0.25, 0.3) is 0 Å². The summed E-state index contributed by atoms with van der Waals surface area (Å²) in [6.45, 7) is 2.99. The Labute approximate surface area is 116 Å². The highest BCUT2D eigenvalue weighted by molar-refractivity contribution is 6.31. The van der Waals surface area contributed by atoms with Crippen LogP contribution in [0.4, 0.5) is 4.39 Å². The van der Waals surface area contributed by atoms with E-state index in [1.54, 1.807) is 4.90 Å². The number of nitrogens with zero attached hydrogens (tertiary/aromatic N) is 2. The first-order valence-electron chi connectivity index (χ1n) is 6.11. The molecule has 1 aromatic rings. The van der Waals surface area contributed by atoms with Crippen LogP contribution in [0.5, 0.6) is 0 Å². The number of halogens is 2. The molecule has 1 aliphatic rings. The lowest BCUT2D eigenvalue weighted by atomic mass is 9.82. The number of hydrogen-bond acceptors (Lipinski definition) is 2. The Balaban J connectivity index is 2.10. The third-order valence-corrected chi connectivity index (χ3v) is 3.88. The Morgan fingerprint density at radius 3 is 2.63 bits per heavy atom. The highest BCUT2D eigenvalue weighted by Gasteiger charge is 2.32. The third-order valence-electron chi connectivity index (χ3n) is 3.59. The molecule has 1 heterocycles. The predicted molar refractivity (Wildman–Crippen MR) is 70.3 cm³/mol. The van der Waals surface area contributed by atoms with Gasteiger partial charge < -0.3 is 4.90 Å². The highest BCUT2D eigenvalue weighted by atomic mass is 35.5. The number of likely N-dealkylation sites (tertiary alicyclic amines) is 1. The Morgan fingerprint density at radius 1 is 1.47 bits per heavy atom. The molecule has 1 aliphatic heterocycles. The summed E-state index contributed by atoms with van der Waals surface area (Å²) in [4.78, 5) is 13.9. The zero-order valence-electron chi connectivity index (χ0n) is 10.6. The van der Waals surface area contributed by atoms with Crippen molar-refractivity contribution in [2.45, 2.75) is 19.8 Å². The van der Waals surface area contributed by atoms with E-state index in [4.69, 9.17) is 16.9 Å². The van der Waals surface area contributed by atoms with E-state index in [1.165, 1.54) is 18.2 Å². The number of benzene rings is 1. The van der Waals surface area contributed by atoms with Crippen molar-refractivity contribution < 1.29 is 9.18 Å². The zero-order valence-corrected chi connectivity index (χ0v) is 11.4. The lowest BCUT2D eigenvalue weighted by Gasteiger charge is -2.35. The minimum Gasteiger partial charge on any atom is -0.339 e. The Morgan fingerprint density at radius 2 is 2.11 bits per heavy atom. The predicted octanol–water partition coefficient (Wildman–Crippen LogP) is 3.24. The van der Waals surface area contributed by atoms with Gasteiger partial charge >= 0.3 is 0 Å². The molecule has 0 radical (unpaired) electrons. The number of piperidine rings is 1. The maximum Gasteiger partial charge on any atom is 0.253 e. The molecule has 0 atom stereocenters. The molecule has 2 rings (SSSR count).